The lowest BCUT2D eigenvalue weighted by molar-refractivity contribution is -0.156. The zero-order chi connectivity index (χ0) is 18.4. The van der Waals surface area contributed by atoms with Crippen LogP contribution in [0.15, 0.2) is 12.4 Å². The lowest BCUT2D eigenvalue weighted by atomic mass is 9.86. The summed E-state index contributed by atoms with van der Waals surface area (Å²) in [5, 5.41) is 18.8. The average molecular weight is 383 g/mol. The van der Waals surface area contributed by atoms with Gasteiger partial charge in [-0.15, -0.1) is 0 Å². The summed E-state index contributed by atoms with van der Waals surface area (Å²) >= 11 is 5.84. The summed E-state index contributed by atoms with van der Waals surface area (Å²) in [6.45, 7) is 3.15. The molecule has 2 N–H and O–H groups in total. The molecule has 1 aliphatic heterocycles. The topological polar surface area (TPSA) is 70.4 Å². The first kappa shape index (κ1) is 19.6. The highest BCUT2D eigenvalue weighted by Crippen LogP contribution is 2.28. The first-order valence-corrected chi connectivity index (χ1v) is 10.3. The molecule has 146 valence electrons. The quantitative estimate of drug-likeness (QED) is 0.677. The predicted molar refractivity (Wildman–Crippen MR) is 102 cm³/mol. The van der Waals surface area contributed by atoms with Gasteiger partial charge in [0.1, 0.15) is 0 Å². The Balaban J connectivity index is 1.42. The van der Waals surface area contributed by atoms with Crippen LogP contribution in [0.25, 0.3) is 0 Å². The van der Waals surface area contributed by atoms with Crippen LogP contribution in [-0.2, 0) is 11.3 Å². The molecule has 1 aromatic heterocycles. The van der Waals surface area contributed by atoms with E-state index in [-0.39, 0.29) is 5.91 Å². The van der Waals surface area contributed by atoms with Gasteiger partial charge >= 0.3 is 0 Å². The number of carbonyl (C=O) groups is 1. The fraction of sp³-hybridized carbons (Fsp3) is 0.789. The summed E-state index contributed by atoms with van der Waals surface area (Å²) < 4.78 is 1.75. The summed E-state index contributed by atoms with van der Waals surface area (Å²) in [6.07, 6.45) is 12.4. The van der Waals surface area contributed by atoms with E-state index in [1.807, 2.05) is 4.90 Å². The molecule has 1 aliphatic carbocycles. The van der Waals surface area contributed by atoms with Gasteiger partial charge in [-0.1, -0.05) is 43.7 Å². The Kier molecular flexibility index (Phi) is 6.95. The molecule has 1 amide bonds. The number of aromatic nitrogens is 2. The van der Waals surface area contributed by atoms with Crippen molar-refractivity contribution in [1.82, 2.24) is 20.0 Å². The molecule has 6 nitrogen and oxygen atoms in total. The summed E-state index contributed by atoms with van der Waals surface area (Å²) in [4.78, 5) is 14.7. The summed E-state index contributed by atoms with van der Waals surface area (Å²) in [6, 6.07) is 0. The van der Waals surface area contributed by atoms with Crippen LogP contribution in [-0.4, -0.2) is 57.5 Å². The second kappa shape index (κ2) is 9.20. The molecule has 0 spiro atoms. The van der Waals surface area contributed by atoms with Gasteiger partial charge in [0.25, 0.3) is 5.91 Å². The van der Waals surface area contributed by atoms with Crippen LogP contribution in [0.3, 0.4) is 0 Å². The number of aliphatic hydroxyl groups is 1. The van der Waals surface area contributed by atoms with Crippen LogP contribution in [0.5, 0.6) is 0 Å². The Labute approximate surface area is 160 Å². The summed E-state index contributed by atoms with van der Waals surface area (Å²) in [5.41, 5.74) is -1.27. The second-order valence-electron chi connectivity index (χ2n) is 7.82. The van der Waals surface area contributed by atoms with Crippen molar-refractivity contribution in [2.75, 3.05) is 26.2 Å². The van der Waals surface area contributed by atoms with E-state index in [1.165, 1.54) is 32.1 Å². The standard InChI is InChI=1S/C19H31ClN4O2/c20-17-13-22-24(14-17)12-9-21-15-19(26)8-4-10-23(18(19)25)11-7-16-5-2-1-3-6-16/h13-14,16,21,26H,1-12,15H2/t19-/m1/s1. The Hall–Kier alpha value is -1.11. The van der Waals surface area contributed by atoms with Gasteiger partial charge < -0.3 is 15.3 Å². The van der Waals surface area contributed by atoms with Gasteiger partial charge in [-0.05, 0) is 25.2 Å². The van der Waals surface area contributed by atoms with Gasteiger partial charge in [-0.3, -0.25) is 9.48 Å². The lowest BCUT2D eigenvalue weighted by Crippen LogP contribution is -2.58. The molecule has 2 heterocycles. The minimum Gasteiger partial charge on any atom is -0.379 e. The van der Waals surface area contributed by atoms with E-state index in [2.05, 4.69) is 10.4 Å². The molecule has 0 unspecified atom stereocenters. The molecule has 26 heavy (non-hydrogen) atoms. The maximum absolute atomic E-state index is 12.8. The average Bonchev–Trinajstić information content (AvgIpc) is 3.06. The third kappa shape index (κ3) is 5.21. The highest BCUT2D eigenvalue weighted by Gasteiger charge is 2.41. The highest BCUT2D eigenvalue weighted by atomic mass is 35.5. The zero-order valence-corrected chi connectivity index (χ0v) is 16.3. The number of likely N-dealkylation sites (tertiary alicyclic amines) is 1. The number of halogens is 1. The van der Waals surface area contributed by atoms with Crippen LogP contribution in [0, 0.1) is 5.92 Å². The molecule has 2 aliphatic rings. The second-order valence-corrected chi connectivity index (χ2v) is 8.25. The molecule has 7 heteroatoms. The van der Waals surface area contributed by atoms with Crippen molar-refractivity contribution in [3.05, 3.63) is 17.4 Å². The number of nitrogens with one attached hydrogen (secondary N) is 1. The van der Waals surface area contributed by atoms with E-state index in [0.717, 1.165) is 31.8 Å². The third-order valence-electron chi connectivity index (χ3n) is 5.77. The molecule has 0 aromatic carbocycles. The monoisotopic (exact) mass is 382 g/mol. The third-order valence-corrected chi connectivity index (χ3v) is 5.97. The van der Waals surface area contributed by atoms with Gasteiger partial charge in [0, 0.05) is 32.4 Å². The lowest BCUT2D eigenvalue weighted by Gasteiger charge is -2.39. The van der Waals surface area contributed by atoms with Crippen LogP contribution in [0.1, 0.15) is 51.4 Å². The van der Waals surface area contributed by atoms with Gasteiger partial charge in [0.05, 0.1) is 17.8 Å². The Morgan fingerprint density at radius 3 is 2.81 bits per heavy atom. The Bertz CT molecular complexity index is 588. The van der Waals surface area contributed by atoms with E-state index in [0.29, 0.717) is 31.1 Å². The highest BCUT2D eigenvalue weighted by molar-refractivity contribution is 6.30. The van der Waals surface area contributed by atoms with E-state index in [1.54, 1.807) is 17.1 Å². The fourth-order valence-corrected chi connectivity index (χ4v) is 4.36. The van der Waals surface area contributed by atoms with Crippen LogP contribution in [0.4, 0.5) is 0 Å². The molecule has 1 saturated heterocycles. The van der Waals surface area contributed by atoms with Crippen molar-refractivity contribution in [2.24, 2.45) is 5.92 Å². The summed E-state index contributed by atoms with van der Waals surface area (Å²) in [5.74, 6) is 0.653. The van der Waals surface area contributed by atoms with Crippen LogP contribution in [0.2, 0.25) is 5.02 Å². The van der Waals surface area contributed by atoms with Crippen LogP contribution >= 0.6 is 11.6 Å². The van der Waals surface area contributed by atoms with Crippen molar-refractivity contribution in [1.29, 1.82) is 0 Å². The molecule has 1 saturated carbocycles. The van der Waals surface area contributed by atoms with E-state index >= 15 is 0 Å². The van der Waals surface area contributed by atoms with Gasteiger partial charge in [-0.25, -0.2) is 0 Å². The largest absolute Gasteiger partial charge is 0.379 e. The van der Waals surface area contributed by atoms with E-state index in [4.69, 9.17) is 11.6 Å². The molecular weight excluding hydrogens is 352 g/mol. The number of hydrogen-bond donors (Lipinski definition) is 2. The first-order valence-electron chi connectivity index (χ1n) is 9.97. The van der Waals surface area contributed by atoms with Crippen molar-refractivity contribution in [3.8, 4) is 0 Å². The summed E-state index contributed by atoms with van der Waals surface area (Å²) in [7, 11) is 0. The van der Waals surface area contributed by atoms with Gasteiger partial charge in [-0.2, -0.15) is 5.10 Å². The van der Waals surface area contributed by atoms with Gasteiger partial charge in [0.15, 0.2) is 5.60 Å². The number of amides is 1. The number of piperidine rings is 1. The molecule has 2 fully saturated rings. The molecule has 3 rings (SSSR count). The van der Waals surface area contributed by atoms with Crippen molar-refractivity contribution in [2.45, 2.75) is 63.5 Å². The first-order chi connectivity index (χ1) is 12.6. The fourth-order valence-electron chi connectivity index (χ4n) is 4.21. The smallest absolute Gasteiger partial charge is 0.255 e. The van der Waals surface area contributed by atoms with Crippen molar-refractivity contribution < 1.29 is 9.90 Å². The minimum absolute atomic E-state index is 0.103. The maximum atomic E-state index is 12.8. The Morgan fingerprint density at radius 1 is 1.27 bits per heavy atom. The molecule has 1 atom stereocenters. The van der Waals surface area contributed by atoms with Crippen molar-refractivity contribution >= 4 is 17.5 Å². The molecule has 0 bridgehead atoms. The predicted octanol–water partition coefficient (Wildman–Crippen LogP) is 2.45. The van der Waals surface area contributed by atoms with Gasteiger partial charge in [0.2, 0.25) is 0 Å². The molecule has 0 radical (unpaired) electrons. The number of nitrogens with zero attached hydrogens (tertiary/aromatic N) is 3. The molecular formula is C19H31ClN4O2. The number of carbonyl (C=O) groups excluding carboxylic acids is 1. The van der Waals surface area contributed by atoms with Crippen LogP contribution < -0.4 is 5.32 Å². The normalized spacial score (nSPS) is 25.0. The zero-order valence-electron chi connectivity index (χ0n) is 15.5. The minimum atomic E-state index is -1.27. The van der Waals surface area contributed by atoms with Crippen molar-refractivity contribution in [3.63, 3.8) is 0 Å². The molecule has 1 aromatic rings. The Morgan fingerprint density at radius 2 is 2.08 bits per heavy atom. The SMILES string of the molecule is O=C1N(CCC2CCCCC2)CCC[C@@]1(O)CNCCn1cc(Cl)cn1. The van der Waals surface area contributed by atoms with E-state index in [9.17, 15) is 9.90 Å². The number of hydrogen-bond acceptors (Lipinski definition) is 4. The maximum Gasteiger partial charge on any atom is 0.255 e. The van der Waals surface area contributed by atoms with E-state index < -0.39 is 5.60 Å². The number of rotatable bonds is 8.